The SMILES string of the molecule is O=C(Cc1csc2nc(-c3ccccc3)cn12)Nc1cc2c(cc1Cl)OCCCO2. The molecular weight excluding hydrogens is 422 g/mol. The zero-order valence-corrected chi connectivity index (χ0v) is 17.5. The predicted octanol–water partition coefficient (Wildman–Crippen LogP) is 5.06. The van der Waals surface area contributed by atoms with Crippen LogP contribution in [0.1, 0.15) is 12.1 Å². The first kappa shape index (κ1) is 19.0. The third-order valence-electron chi connectivity index (χ3n) is 4.81. The first-order chi connectivity index (χ1) is 14.7. The van der Waals surface area contributed by atoms with Gasteiger partial charge in [0.15, 0.2) is 16.5 Å². The van der Waals surface area contributed by atoms with Gasteiger partial charge in [0, 0.05) is 41.4 Å². The molecule has 1 aliphatic heterocycles. The number of imidazole rings is 1. The number of hydrogen-bond acceptors (Lipinski definition) is 5. The second kappa shape index (κ2) is 8.01. The first-order valence-electron chi connectivity index (χ1n) is 9.57. The number of aromatic nitrogens is 2. The van der Waals surface area contributed by atoms with Gasteiger partial charge in [-0.1, -0.05) is 41.9 Å². The maximum atomic E-state index is 12.7. The minimum atomic E-state index is -0.166. The van der Waals surface area contributed by atoms with Crippen molar-refractivity contribution in [3.05, 3.63) is 64.8 Å². The monoisotopic (exact) mass is 439 g/mol. The molecule has 0 saturated carbocycles. The van der Waals surface area contributed by atoms with Crippen LogP contribution in [-0.2, 0) is 11.2 Å². The lowest BCUT2D eigenvalue weighted by Gasteiger charge is -2.12. The summed E-state index contributed by atoms with van der Waals surface area (Å²) < 4.78 is 13.3. The van der Waals surface area contributed by atoms with Crippen LogP contribution in [0.15, 0.2) is 54.0 Å². The van der Waals surface area contributed by atoms with Crippen LogP contribution in [0.3, 0.4) is 0 Å². The van der Waals surface area contributed by atoms with E-state index >= 15 is 0 Å². The van der Waals surface area contributed by atoms with Crippen molar-refractivity contribution in [2.45, 2.75) is 12.8 Å². The quantitative estimate of drug-likeness (QED) is 0.482. The number of fused-ring (bicyclic) bond motifs is 2. The summed E-state index contributed by atoms with van der Waals surface area (Å²) in [7, 11) is 0. The smallest absolute Gasteiger partial charge is 0.230 e. The van der Waals surface area contributed by atoms with E-state index < -0.39 is 0 Å². The third kappa shape index (κ3) is 3.74. The lowest BCUT2D eigenvalue weighted by molar-refractivity contribution is -0.115. The molecule has 4 aromatic rings. The highest BCUT2D eigenvalue weighted by molar-refractivity contribution is 7.15. The number of hydrogen-bond donors (Lipinski definition) is 1. The molecule has 0 aliphatic carbocycles. The number of carbonyl (C=O) groups is 1. The Bertz CT molecular complexity index is 1220. The third-order valence-corrected chi connectivity index (χ3v) is 6.01. The molecule has 5 rings (SSSR count). The van der Waals surface area contributed by atoms with E-state index in [0.29, 0.717) is 35.4 Å². The van der Waals surface area contributed by atoms with E-state index in [-0.39, 0.29) is 12.3 Å². The number of rotatable bonds is 4. The number of thiazole rings is 1. The average Bonchev–Trinajstić information content (AvgIpc) is 3.25. The fourth-order valence-electron chi connectivity index (χ4n) is 3.34. The van der Waals surface area contributed by atoms with Crippen LogP contribution in [0.5, 0.6) is 11.5 Å². The molecule has 0 atom stereocenters. The fraction of sp³-hybridized carbons (Fsp3) is 0.182. The van der Waals surface area contributed by atoms with Crippen molar-refractivity contribution >= 4 is 39.5 Å². The van der Waals surface area contributed by atoms with Gasteiger partial charge in [0.1, 0.15) is 0 Å². The number of carbonyl (C=O) groups excluding carboxylic acids is 1. The first-order valence-corrected chi connectivity index (χ1v) is 10.8. The van der Waals surface area contributed by atoms with Gasteiger partial charge in [-0.3, -0.25) is 9.20 Å². The molecule has 0 fully saturated rings. The Morgan fingerprint density at radius 2 is 1.93 bits per heavy atom. The van der Waals surface area contributed by atoms with Gasteiger partial charge in [-0.2, -0.15) is 0 Å². The van der Waals surface area contributed by atoms with Crippen LogP contribution >= 0.6 is 22.9 Å². The topological polar surface area (TPSA) is 64.9 Å². The summed E-state index contributed by atoms with van der Waals surface area (Å²) in [6.07, 6.45) is 2.97. The van der Waals surface area contributed by atoms with E-state index in [1.54, 1.807) is 12.1 Å². The number of nitrogens with zero attached hydrogens (tertiary/aromatic N) is 2. The molecule has 0 radical (unpaired) electrons. The molecule has 30 heavy (non-hydrogen) atoms. The van der Waals surface area contributed by atoms with Gasteiger partial charge in [-0.15, -0.1) is 11.3 Å². The van der Waals surface area contributed by atoms with Gasteiger partial charge in [0.25, 0.3) is 0 Å². The molecule has 0 bridgehead atoms. The van der Waals surface area contributed by atoms with Gasteiger partial charge in [0.2, 0.25) is 5.91 Å². The molecule has 0 unspecified atom stereocenters. The Balaban J connectivity index is 1.35. The van der Waals surface area contributed by atoms with Crippen LogP contribution in [-0.4, -0.2) is 28.5 Å². The highest BCUT2D eigenvalue weighted by Gasteiger charge is 2.17. The van der Waals surface area contributed by atoms with Gasteiger partial charge in [-0.25, -0.2) is 4.98 Å². The lowest BCUT2D eigenvalue weighted by atomic mass is 10.2. The van der Waals surface area contributed by atoms with E-state index in [2.05, 4.69) is 10.3 Å². The minimum Gasteiger partial charge on any atom is -0.490 e. The van der Waals surface area contributed by atoms with Gasteiger partial charge in [0.05, 0.1) is 36.0 Å². The molecule has 1 N–H and O–H groups in total. The molecule has 3 heterocycles. The summed E-state index contributed by atoms with van der Waals surface area (Å²) >= 11 is 7.85. The standard InChI is InChI=1S/C22H18ClN3O3S/c23-16-10-19-20(29-8-4-7-28-19)11-17(16)24-21(27)9-15-13-30-22-25-18(12-26(15)22)14-5-2-1-3-6-14/h1-3,5-6,10-13H,4,7-9H2,(H,24,27). The Kier molecular flexibility index (Phi) is 5.06. The largest absolute Gasteiger partial charge is 0.490 e. The molecule has 2 aromatic heterocycles. The number of halogens is 1. The lowest BCUT2D eigenvalue weighted by Crippen LogP contribution is -2.15. The van der Waals surface area contributed by atoms with Crippen LogP contribution in [0, 0.1) is 0 Å². The summed E-state index contributed by atoms with van der Waals surface area (Å²) in [4.78, 5) is 18.2. The highest BCUT2D eigenvalue weighted by atomic mass is 35.5. The van der Waals surface area contributed by atoms with E-state index in [9.17, 15) is 4.79 Å². The second-order valence-electron chi connectivity index (χ2n) is 6.93. The fourth-order valence-corrected chi connectivity index (χ4v) is 4.42. The molecule has 152 valence electrons. The molecule has 1 amide bonds. The molecule has 2 aromatic carbocycles. The van der Waals surface area contributed by atoms with E-state index in [1.807, 2.05) is 46.3 Å². The van der Waals surface area contributed by atoms with Crippen molar-refractivity contribution in [1.29, 1.82) is 0 Å². The van der Waals surface area contributed by atoms with Crippen LogP contribution < -0.4 is 14.8 Å². The number of ether oxygens (including phenoxy) is 2. The Morgan fingerprint density at radius 3 is 2.73 bits per heavy atom. The van der Waals surface area contributed by atoms with Crippen molar-refractivity contribution in [2.75, 3.05) is 18.5 Å². The molecule has 1 aliphatic rings. The summed E-state index contributed by atoms with van der Waals surface area (Å²) in [5, 5.41) is 5.25. The molecular formula is C22H18ClN3O3S. The zero-order valence-electron chi connectivity index (χ0n) is 15.9. The highest BCUT2D eigenvalue weighted by Crippen LogP contribution is 2.37. The summed E-state index contributed by atoms with van der Waals surface area (Å²) in [5.74, 6) is 1.02. The zero-order chi connectivity index (χ0) is 20.5. The van der Waals surface area contributed by atoms with E-state index in [1.165, 1.54) is 11.3 Å². The molecule has 6 nitrogen and oxygen atoms in total. The van der Waals surface area contributed by atoms with E-state index in [0.717, 1.165) is 28.3 Å². The van der Waals surface area contributed by atoms with E-state index in [4.69, 9.17) is 21.1 Å². The second-order valence-corrected chi connectivity index (χ2v) is 8.17. The average molecular weight is 440 g/mol. The molecule has 0 saturated heterocycles. The van der Waals surface area contributed by atoms with Crippen molar-refractivity contribution in [2.24, 2.45) is 0 Å². The van der Waals surface area contributed by atoms with Crippen LogP contribution in [0.4, 0.5) is 5.69 Å². The molecule has 0 spiro atoms. The van der Waals surface area contributed by atoms with Crippen molar-refractivity contribution in [3.63, 3.8) is 0 Å². The van der Waals surface area contributed by atoms with Crippen molar-refractivity contribution in [3.8, 4) is 22.8 Å². The van der Waals surface area contributed by atoms with Gasteiger partial charge < -0.3 is 14.8 Å². The predicted molar refractivity (Wildman–Crippen MR) is 118 cm³/mol. The van der Waals surface area contributed by atoms with Gasteiger partial charge in [-0.05, 0) is 0 Å². The maximum absolute atomic E-state index is 12.7. The minimum absolute atomic E-state index is 0.166. The number of benzene rings is 2. The Labute approximate surface area is 182 Å². The Hall–Kier alpha value is -3.03. The number of anilines is 1. The normalized spacial score (nSPS) is 13.2. The summed E-state index contributed by atoms with van der Waals surface area (Å²) in [6, 6.07) is 13.4. The summed E-state index contributed by atoms with van der Waals surface area (Å²) in [5.41, 5.74) is 3.30. The number of amides is 1. The van der Waals surface area contributed by atoms with Crippen molar-refractivity contribution in [1.82, 2.24) is 9.38 Å². The molecule has 8 heteroatoms. The van der Waals surface area contributed by atoms with Crippen LogP contribution in [0.25, 0.3) is 16.2 Å². The van der Waals surface area contributed by atoms with Crippen molar-refractivity contribution < 1.29 is 14.3 Å². The van der Waals surface area contributed by atoms with Gasteiger partial charge >= 0.3 is 0 Å². The van der Waals surface area contributed by atoms with Crippen LogP contribution in [0.2, 0.25) is 5.02 Å². The number of nitrogens with one attached hydrogen (secondary N) is 1. The maximum Gasteiger partial charge on any atom is 0.230 e. The summed E-state index contributed by atoms with van der Waals surface area (Å²) in [6.45, 7) is 1.15. The Morgan fingerprint density at radius 1 is 1.17 bits per heavy atom.